The summed E-state index contributed by atoms with van der Waals surface area (Å²) >= 11 is 0. The Kier molecular flexibility index (Phi) is 14.2. The maximum Gasteiger partial charge on any atom is 0 e. The second-order valence-corrected chi connectivity index (χ2v) is 0.761. The molecule has 0 heterocycles. The van der Waals surface area contributed by atoms with Gasteiger partial charge in [0.25, 0.3) is 0 Å². The molecular weight excluding hydrogens is 257 g/mol. The molecule has 0 rings (SSSR count). The van der Waals surface area contributed by atoms with Crippen LogP contribution in [0.1, 0.15) is 6.92 Å². The summed E-state index contributed by atoms with van der Waals surface area (Å²) in [6.07, 6.45) is 5.58. The van der Waals surface area contributed by atoms with Gasteiger partial charge in [0.1, 0.15) is 0 Å². The van der Waals surface area contributed by atoms with Crippen molar-refractivity contribution in [2.75, 3.05) is 0 Å². The van der Waals surface area contributed by atoms with E-state index in [1.165, 1.54) is 0 Å². The molecule has 0 atom stereocenters. The van der Waals surface area contributed by atoms with Gasteiger partial charge in [-0.3, -0.25) is 0 Å². The van der Waals surface area contributed by atoms with Crippen LogP contribution in [0, 0.1) is 0 Å². The summed E-state index contributed by atoms with van der Waals surface area (Å²) in [5.74, 6) is 0. The Balaban J connectivity index is 0. The fraction of sp³-hybridized carbons (Fsp3) is 0.200. The van der Waals surface area contributed by atoms with Crippen molar-refractivity contribution in [2.24, 2.45) is 0 Å². The van der Waals surface area contributed by atoms with Crippen LogP contribution in [0.2, 0.25) is 0 Å². The van der Waals surface area contributed by atoms with E-state index in [0.717, 1.165) is 0 Å². The zero-order chi connectivity index (χ0) is 4.12. The van der Waals surface area contributed by atoms with E-state index >= 15 is 0 Å². The molecular formula is C5H8Au. The average molecular weight is 265 g/mol. The fourth-order valence-corrected chi connectivity index (χ4v) is 0.136. The van der Waals surface area contributed by atoms with Crippen LogP contribution in [-0.4, -0.2) is 0 Å². The van der Waals surface area contributed by atoms with Crippen LogP contribution in [0.25, 0.3) is 0 Å². The predicted octanol–water partition coefficient (Wildman–Crippen LogP) is 1.75. The van der Waals surface area contributed by atoms with Gasteiger partial charge in [0.2, 0.25) is 0 Å². The normalized spacial score (nSPS) is 7.50. The number of hydrogen-bond donors (Lipinski definition) is 0. The molecule has 0 fully saturated rings. The number of rotatable bonds is 1. The van der Waals surface area contributed by atoms with E-state index in [-0.39, 0.29) is 22.4 Å². The molecule has 0 aromatic carbocycles. The van der Waals surface area contributed by atoms with Crippen molar-refractivity contribution in [1.82, 2.24) is 0 Å². The predicted molar refractivity (Wildman–Crippen MR) is 25.0 cm³/mol. The summed E-state index contributed by atoms with van der Waals surface area (Å²) in [6, 6.07) is 0. The molecule has 6 heavy (non-hydrogen) atoms. The van der Waals surface area contributed by atoms with Gasteiger partial charge in [-0.1, -0.05) is 24.8 Å². The van der Waals surface area contributed by atoms with Crippen molar-refractivity contribution in [2.45, 2.75) is 6.92 Å². The molecule has 0 saturated carbocycles. The van der Waals surface area contributed by atoms with E-state index in [0.29, 0.717) is 0 Å². The Bertz CT molecular complexity index is 45.9. The minimum Gasteiger partial charge on any atom is -0.0991 e. The van der Waals surface area contributed by atoms with E-state index < -0.39 is 0 Å². The van der Waals surface area contributed by atoms with Crippen LogP contribution in [0.4, 0.5) is 0 Å². The van der Waals surface area contributed by atoms with E-state index in [1.54, 1.807) is 6.08 Å². The van der Waals surface area contributed by atoms with Gasteiger partial charge in [-0.25, -0.2) is 0 Å². The molecule has 0 amide bonds. The molecule has 0 aliphatic carbocycles. The molecule has 0 aromatic rings. The Morgan fingerprint density at radius 1 is 1.50 bits per heavy atom. The SMILES string of the molecule is C=CC=CC.[Au]. The van der Waals surface area contributed by atoms with Gasteiger partial charge < -0.3 is 0 Å². The summed E-state index contributed by atoms with van der Waals surface area (Å²) in [4.78, 5) is 0. The standard InChI is InChI=1S/C5H8.Au/c1-3-5-4-2;/h3-5H,1H2,2H3;. The molecule has 39 valence electrons. The van der Waals surface area contributed by atoms with Crippen LogP contribution in [0.15, 0.2) is 24.8 Å². The summed E-state index contributed by atoms with van der Waals surface area (Å²) < 4.78 is 0. The molecule has 0 spiro atoms. The quantitative estimate of drug-likeness (QED) is 0.500. The second kappa shape index (κ2) is 8.97. The van der Waals surface area contributed by atoms with Crippen molar-refractivity contribution in [1.29, 1.82) is 0 Å². The van der Waals surface area contributed by atoms with Crippen molar-refractivity contribution in [3.8, 4) is 0 Å². The first-order valence-electron chi connectivity index (χ1n) is 1.65. The monoisotopic (exact) mass is 265 g/mol. The summed E-state index contributed by atoms with van der Waals surface area (Å²) in [6.45, 7) is 5.42. The summed E-state index contributed by atoms with van der Waals surface area (Å²) in [5.41, 5.74) is 0. The zero-order valence-electron chi connectivity index (χ0n) is 3.74. The van der Waals surface area contributed by atoms with Gasteiger partial charge in [-0.2, -0.15) is 0 Å². The molecule has 0 aliphatic rings. The van der Waals surface area contributed by atoms with Gasteiger partial charge in [0.15, 0.2) is 0 Å². The molecule has 1 heteroatoms. The van der Waals surface area contributed by atoms with E-state index in [2.05, 4.69) is 6.58 Å². The van der Waals surface area contributed by atoms with E-state index in [1.807, 2.05) is 19.1 Å². The number of hydrogen-bond acceptors (Lipinski definition) is 0. The summed E-state index contributed by atoms with van der Waals surface area (Å²) in [5, 5.41) is 0. The van der Waals surface area contributed by atoms with Crippen molar-refractivity contribution < 1.29 is 22.4 Å². The maximum atomic E-state index is 3.46. The van der Waals surface area contributed by atoms with Gasteiger partial charge >= 0.3 is 0 Å². The Morgan fingerprint density at radius 2 is 2.00 bits per heavy atom. The largest absolute Gasteiger partial charge is 0.0991 e. The molecule has 0 aliphatic heterocycles. The minimum atomic E-state index is 0. The third kappa shape index (κ3) is 8.88. The molecule has 0 aromatic heterocycles. The average Bonchev–Trinajstić information content (AvgIpc) is 1.41. The Labute approximate surface area is 54.5 Å². The molecule has 0 N–H and O–H groups in total. The van der Waals surface area contributed by atoms with E-state index in [4.69, 9.17) is 0 Å². The van der Waals surface area contributed by atoms with Crippen LogP contribution in [0.5, 0.6) is 0 Å². The van der Waals surface area contributed by atoms with Crippen LogP contribution < -0.4 is 0 Å². The van der Waals surface area contributed by atoms with Crippen molar-refractivity contribution in [3.63, 3.8) is 0 Å². The number of allylic oxidation sites excluding steroid dienone is 3. The molecule has 0 bridgehead atoms. The van der Waals surface area contributed by atoms with Crippen LogP contribution >= 0.6 is 0 Å². The van der Waals surface area contributed by atoms with E-state index in [9.17, 15) is 0 Å². The topological polar surface area (TPSA) is 0 Å². The van der Waals surface area contributed by atoms with Gasteiger partial charge in [-0.05, 0) is 6.92 Å². The first kappa shape index (κ1) is 9.52. The zero-order valence-corrected chi connectivity index (χ0v) is 5.91. The first-order valence-corrected chi connectivity index (χ1v) is 1.65. The molecule has 1 radical (unpaired) electrons. The van der Waals surface area contributed by atoms with Crippen molar-refractivity contribution >= 4 is 0 Å². The smallest absolute Gasteiger partial charge is 0 e. The summed E-state index contributed by atoms with van der Waals surface area (Å²) in [7, 11) is 0. The molecule has 0 unspecified atom stereocenters. The Hall–Kier alpha value is 0.220. The van der Waals surface area contributed by atoms with Gasteiger partial charge in [0, 0.05) is 22.4 Å². The Morgan fingerprint density at radius 3 is 2.00 bits per heavy atom. The minimum absolute atomic E-state index is 0. The maximum absolute atomic E-state index is 3.46. The first-order chi connectivity index (χ1) is 2.41. The third-order valence-electron chi connectivity index (χ3n) is 0.329. The van der Waals surface area contributed by atoms with Gasteiger partial charge in [0.05, 0.1) is 0 Å². The molecule has 0 nitrogen and oxygen atoms in total. The van der Waals surface area contributed by atoms with Crippen LogP contribution in [0.3, 0.4) is 0 Å². The van der Waals surface area contributed by atoms with Crippen LogP contribution in [-0.2, 0) is 22.4 Å². The van der Waals surface area contributed by atoms with Crippen molar-refractivity contribution in [3.05, 3.63) is 24.8 Å². The second-order valence-electron chi connectivity index (χ2n) is 0.761. The fourth-order valence-electron chi connectivity index (χ4n) is 0.136. The molecule has 0 saturated heterocycles. The third-order valence-corrected chi connectivity index (χ3v) is 0.329. The van der Waals surface area contributed by atoms with Gasteiger partial charge in [-0.15, -0.1) is 0 Å².